The number of alkyl carbamates (subject to hydrolysis) is 1. The Labute approximate surface area is 235 Å². The first-order valence-corrected chi connectivity index (χ1v) is 13.3. The maximum absolute atomic E-state index is 14.0. The van der Waals surface area contributed by atoms with Crippen molar-refractivity contribution in [3.63, 3.8) is 0 Å². The van der Waals surface area contributed by atoms with E-state index in [1.807, 2.05) is 39.0 Å². The Kier molecular flexibility index (Phi) is 11.3. The number of benzene rings is 2. The van der Waals surface area contributed by atoms with Crippen LogP contribution in [0.1, 0.15) is 69.7 Å². The maximum atomic E-state index is 14.0. The molecule has 0 saturated carbocycles. The van der Waals surface area contributed by atoms with Gasteiger partial charge in [-0.1, -0.05) is 61.3 Å². The fourth-order valence-corrected chi connectivity index (χ4v) is 4.34. The van der Waals surface area contributed by atoms with Gasteiger partial charge in [-0.3, -0.25) is 14.4 Å². The molecule has 9 nitrogen and oxygen atoms in total. The van der Waals surface area contributed by atoms with Gasteiger partial charge in [0.05, 0.1) is 17.1 Å². The van der Waals surface area contributed by atoms with E-state index in [4.69, 9.17) is 22.1 Å². The predicted octanol–water partition coefficient (Wildman–Crippen LogP) is 5.03. The normalized spacial score (nSPS) is 12.7. The zero-order valence-corrected chi connectivity index (χ0v) is 24.2. The molecule has 39 heavy (non-hydrogen) atoms. The lowest BCUT2D eigenvalue weighted by Gasteiger charge is -2.35. The molecule has 0 fully saturated rings. The first-order chi connectivity index (χ1) is 18.2. The Morgan fingerprint density at radius 1 is 1.03 bits per heavy atom. The molecule has 2 aromatic rings. The Morgan fingerprint density at radius 3 is 2.23 bits per heavy atom. The van der Waals surface area contributed by atoms with E-state index in [-0.39, 0.29) is 6.54 Å². The molecule has 0 aliphatic rings. The van der Waals surface area contributed by atoms with E-state index in [1.54, 1.807) is 45.0 Å². The summed E-state index contributed by atoms with van der Waals surface area (Å²) in [6.07, 6.45) is -0.0365. The minimum atomic E-state index is -1.34. The fraction of sp³-hybridized carbons (Fsp3) is 0.448. The van der Waals surface area contributed by atoms with E-state index >= 15 is 0 Å². The van der Waals surface area contributed by atoms with Crippen LogP contribution in [0.15, 0.2) is 42.5 Å². The van der Waals surface area contributed by atoms with Crippen LogP contribution in [0.4, 0.5) is 10.5 Å². The number of amides is 4. The molecule has 212 valence electrons. The summed E-state index contributed by atoms with van der Waals surface area (Å²) >= 11 is 6.39. The molecule has 0 spiro atoms. The number of carbonyl (C=O) groups is 4. The minimum absolute atomic E-state index is 0.189. The molecule has 2 unspecified atom stereocenters. The highest BCUT2D eigenvalue weighted by Crippen LogP contribution is 2.31. The van der Waals surface area contributed by atoms with Crippen LogP contribution in [0, 0.1) is 13.8 Å². The number of rotatable bonds is 11. The number of hydrogen-bond donors (Lipinski definition) is 3. The zero-order valence-electron chi connectivity index (χ0n) is 23.5. The van der Waals surface area contributed by atoms with Gasteiger partial charge in [-0.15, -0.1) is 0 Å². The molecular formula is C29H39ClN4O5. The molecule has 2 aromatic carbocycles. The number of unbranched alkanes of at least 4 members (excludes halogenated alkanes) is 1. The van der Waals surface area contributed by atoms with Crippen LogP contribution in [0.25, 0.3) is 0 Å². The first-order valence-electron chi connectivity index (χ1n) is 12.9. The van der Waals surface area contributed by atoms with Crippen molar-refractivity contribution in [2.24, 2.45) is 5.73 Å². The molecule has 0 heterocycles. The molecular weight excluding hydrogens is 520 g/mol. The summed E-state index contributed by atoms with van der Waals surface area (Å²) in [6.45, 7) is 10.9. The highest BCUT2D eigenvalue weighted by molar-refractivity contribution is 6.34. The summed E-state index contributed by atoms with van der Waals surface area (Å²) in [5.74, 6) is -1.91. The smallest absolute Gasteiger partial charge is 0.408 e. The number of ether oxygens (including phenoxy) is 1. The van der Waals surface area contributed by atoms with E-state index in [9.17, 15) is 19.2 Å². The molecule has 0 radical (unpaired) electrons. The number of anilines is 1. The fourth-order valence-electron chi connectivity index (χ4n) is 4.07. The third-order valence-corrected chi connectivity index (χ3v) is 6.26. The minimum Gasteiger partial charge on any atom is -0.444 e. The number of aryl methyl sites for hydroxylation is 2. The largest absolute Gasteiger partial charge is 0.444 e. The summed E-state index contributed by atoms with van der Waals surface area (Å²) in [4.78, 5) is 53.9. The summed E-state index contributed by atoms with van der Waals surface area (Å²) < 4.78 is 5.31. The monoisotopic (exact) mass is 558 g/mol. The summed E-state index contributed by atoms with van der Waals surface area (Å²) in [7, 11) is 0. The first kappa shape index (κ1) is 31.6. The summed E-state index contributed by atoms with van der Waals surface area (Å²) in [5.41, 5.74) is 7.19. The molecule has 10 heteroatoms. The molecule has 0 aromatic heterocycles. The Balaban J connectivity index is 2.59. The highest BCUT2D eigenvalue weighted by atomic mass is 35.5. The molecule has 0 aliphatic carbocycles. The standard InChI is InChI=1S/C29H39ClN4O5/c1-7-8-16-34(27(37)22(17-23(31)35)32-28(38)39-29(4,5)6)25(20-14-10-9-12-18(20)2)26(36)33-24-19(3)13-11-15-21(24)30/h9-15,22,25H,7-8,16-17H2,1-6H3,(H2,31,35)(H,32,38)(H,33,36). The highest BCUT2D eigenvalue weighted by Gasteiger charge is 2.37. The van der Waals surface area contributed by atoms with E-state index in [0.717, 1.165) is 17.5 Å². The van der Waals surface area contributed by atoms with Crippen molar-refractivity contribution in [3.8, 4) is 0 Å². The van der Waals surface area contributed by atoms with Crippen LogP contribution in [-0.2, 0) is 19.1 Å². The van der Waals surface area contributed by atoms with Crippen molar-refractivity contribution >= 4 is 41.1 Å². The number of halogens is 1. The van der Waals surface area contributed by atoms with Gasteiger partial charge in [0.25, 0.3) is 5.91 Å². The van der Waals surface area contributed by atoms with Crippen molar-refractivity contribution in [2.45, 2.75) is 78.5 Å². The summed E-state index contributed by atoms with van der Waals surface area (Å²) in [6, 6.07) is 10.1. The van der Waals surface area contributed by atoms with E-state index < -0.39 is 47.9 Å². The van der Waals surface area contributed by atoms with Crippen LogP contribution in [-0.4, -0.2) is 46.9 Å². The van der Waals surface area contributed by atoms with E-state index in [0.29, 0.717) is 22.7 Å². The van der Waals surface area contributed by atoms with Crippen molar-refractivity contribution in [2.75, 3.05) is 11.9 Å². The second-order valence-corrected chi connectivity index (χ2v) is 10.8. The number of nitrogens with one attached hydrogen (secondary N) is 2. The Hall–Kier alpha value is -3.59. The molecule has 0 aliphatic heterocycles. The van der Waals surface area contributed by atoms with E-state index in [1.165, 1.54) is 4.90 Å². The molecule has 4 N–H and O–H groups in total. The average molecular weight is 559 g/mol. The lowest BCUT2D eigenvalue weighted by atomic mass is 9.97. The van der Waals surface area contributed by atoms with Gasteiger partial charge in [0.15, 0.2) is 0 Å². The van der Waals surface area contributed by atoms with Crippen molar-refractivity contribution in [1.29, 1.82) is 0 Å². The van der Waals surface area contributed by atoms with Gasteiger partial charge in [0, 0.05) is 6.54 Å². The zero-order chi connectivity index (χ0) is 29.3. The lowest BCUT2D eigenvalue weighted by Crippen LogP contribution is -2.53. The molecule has 2 rings (SSSR count). The van der Waals surface area contributed by atoms with Gasteiger partial charge >= 0.3 is 6.09 Å². The van der Waals surface area contributed by atoms with Gasteiger partial charge in [-0.2, -0.15) is 0 Å². The van der Waals surface area contributed by atoms with Gasteiger partial charge in [0.1, 0.15) is 17.7 Å². The molecule has 4 amide bonds. The lowest BCUT2D eigenvalue weighted by molar-refractivity contribution is -0.142. The van der Waals surface area contributed by atoms with Gasteiger partial charge in [0.2, 0.25) is 11.8 Å². The quantitative estimate of drug-likeness (QED) is 0.356. The van der Waals surface area contributed by atoms with Gasteiger partial charge < -0.3 is 26.0 Å². The van der Waals surface area contributed by atoms with Crippen molar-refractivity contribution in [3.05, 3.63) is 64.2 Å². The van der Waals surface area contributed by atoms with E-state index in [2.05, 4.69) is 10.6 Å². The van der Waals surface area contributed by atoms with Gasteiger partial charge in [-0.05, 0) is 63.8 Å². The van der Waals surface area contributed by atoms with Crippen LogP contribution in [0.3, 0.4) is 0 Å². The van der Waals surface area contributed by atoms with Crippen LogP contribution >= 0.6 is 11.6 Å². The number of nitrogens with zero attached hydrogens (tertiary/aromatic N) is 1. The Morgan fingerprint density at radius 2 is 1.67 bits per heavy atom. The molecule has 0 bridgehead atoms. The second-order valence-electron chi connectivity index (χ2n) is 10.4. The Bertz CT molecular complexity index is 1170. The van der Waals surface area contributed by atoms with Crippen molar-refractivity contribution in [1.82, 2.24) is 10.2 Å². The SMILES string of the molecule is CCCCN(C(=O)C(CC(N)=O)NC(=O)OC(C)(C)C)C(C(=O)Nc1c(C)cccc1Cl)c1ccccc1C. The van der Waals surface area contributed by atoms with Gasteiger partial charge in [-0.25, -0.2) is 4.79 Å². The topological polar surface area (TPSA) is 131 Å². The second kappa shape index (κ2) is 14.0. The average Bonchev–Trinajstić information content (AvgIpc) is 2.82. The molecule has 2 atom stereocenters. The molecule has 0 saturated heterocycles. The number of primary amides is 1. The number of nitrogens with two attached hydrogens (primary N) is 1. The number of para-hydroxylation sites is 1. The van der Waals surface area contributed by atoms with Crippen LogP contribution in [0.5, 0.6) is 0 Å². The third kappa shape index (κ3) is 9.28. The number of hydrogen-bond acceptors (Lipinski definition) is 5. The number of carbonyl (C=O) groups excluding carboxylic acids is 4. The van der Waals surface area contributed by atoms with Crippen molar-refractivity contribution < 1.29 is 23.9 Å². The predicted molar refractivity (Wildman–Crippen MR) is 152 cm³/mol. The maximum Gasteiger partial charge on any atom is 0.408 e. The van der Waals surface area contributed by atoms with Crippen LogP contribution in [0.2, 0.25) is 5.02 Å². The third-order valence-electron chi connectivity index (χ3n) is 5.94. The van der Waals surface area contributed by atoms with Crippen LogP contribution < -0.4 is 16.4 Å². The summed E-state index contributed by atoms with van der Waals surface area (Å²) in [5, 5.41) is 5.74.